The van der Waals surface area contributed by atoms with Crippen LogP contribution in [-0.4, -0.2) is 31.4 Å². The van der Waals surface area contributed by atoms with Crippen molar-refractivity contribution in [2.75, 3.05) is 20.7 Å². The number of rotatable bonds is 8. The Balaban J connectivity index is 1.51. The van der Waals surface area contributed by atoms with Crippen LogP contribution in [0.2, 0.25) is 0 Å². The summed E-state index contributed by atoms with van der Waals surface area (Å²) in [6, 6.07) is 15.6. The second-order valence-electron chi connectivity index (χ2n) is 6.74. The van der Waals surface area contributed by atoms with Crippen LogP contribution in [-0.2, 0) is 17.9 Å². The number of ether oxygens (including phenoxy) is 1. The third-order valence-corrected chi connectivity index (χ3v) is 6.05. The first-order valence-corrected chi connectivity index (χ1v) is 9.91. The molecule has 4 nitrogen and oxygen atoms in total. The van der Waals surface area contributed by atoms with Gasteiger partial charge < -0.3 is 15.4 Å². The van der Waals surface area contributed by atoms with Crippen LogP contribution in [0.4, 0.5) is 4.39 Å². The molecule has 1 aliphatic rings. The van der Waals surface area contributed by atoms with Crippen molar-refractivity contribution >= 4 is 17.7 Å². The van der Waals surface area contributed by atoms with Crippen LogP contribution < -0.4 is 10.6 Å². The number of aliphatic imine (C=N–C) groups is 1. The molecule has 2 N–H and O–H groups in total. The molecule has 0 aromatic heterocycles. The smallest absolute Gasteiger partial charge is 0.191 e. The first-order chi connectivity index (χ1) is 13.1. The number of methoxy groups -OCH3 is 1. The molecule has 1 saturated carbocycles. The van der Waals surface area contributed by atoms with Crippen molar-refractivity contribution < 1.29 is 9.13 Å². The molecular formula is C21H26FN3OS. The maximum atomic E-state index is 13.7. The molecular weight excluding hydrogens is 361 g/mol. The van der Waals surface area contributed by atoms with E-state index in [1.54, 1.807) is 20.2 Å². The number of nitrogens with zero attached hydrogens (tertiary/aromatic N) is 1. The van der Waals surface area contributed by atoms with Crippen LogP contribution in [0, 0.1) is 5.82 Å². The molecule has 0 saturated heterocycles. The summed E-state index contributed by atoms with van der Waals surface area (Å²) >= 11 is 1.93. The molecule has 0 spiro atoms. The zero-order chi connectivity index (χ0) is 19.1. The van der Waals surface area contributed by atoms with E-state index in [2.05, 4.69) is 39.9 Å². The van der Waals surface area contributed by atoms with Crippen molar-refractivity contribution in [1.29, 1.82) is 0 Å². The Labute approximate surface area is 164 Å². The largest absolute Gasteiger partial charge is 0.380 e. The average molecular weight is 388 g/mol. The van der Waals surface area contributed by atoms with Crippen LogP contribution in [0.15, 0.2) is 58.4 Å². The summed E-state index contributed by atoms with van der Waals surface area (Å²) in [5.41, 5.74) is 1.56. The average Bonchev–Trinajstić information content (AvgIpc) is 3.45. The zero-order valence-electron chi connectivity index (χ0n) is 15.8. The standard InChI is InChI=1S/C21H26FN3OS/c1-23-20(24-13-16-8-9-19(22)17(12-16)14-26-2)25-15-21(10-11-21)27-18-6-4-3-5-7-18/h3-9,12H,10-11,13-15H2,1-2H3,(H2,23,24,25). The van der Waals surface area contributed by atoms with Crippen LogP contribution in [0.25, 0.3) is 0 Å². The second-order valence-corrected chi connectivity index (χ2v) is 8.28. The van der Waals surface area contributed by atoms with Crippen molar-refractivity contribution in [3.63, 3.8) is 0 Å². The number of benzene rings is 2. The molecule has 0 unspecified atom stereocenters. The normalized spacial score (nSPS) is 15.4. The molecule has 3 rings (SSSR count). The maximum Gasteiger partial charge on any atom is 0.191 e. The van der Waals surface area contributed by atoms with E-state index >= 15 is 0 Å². The molecule has 2 aromatic carbocycles. The lowest BCUT2D eigenvalue weighted by Crippen LogP contribution is -2.40. The summed E-state index contributed by atoms with van der Waals surface area (Å²) < 4.78 is 19.0. The van der Waals surface area contributed by atoms with Gasteiger partial charge in [-0.2, -0.15) is 0 Å². The molecule has 0 amide bonds. The monoisotopic (exact) mass is 387 g/mol. The number of hydrogen-bond donors (Lipinski definition) is 2. The molecule has 0 radical (unpaired) electrons. The lowest BCUT2D eigenvalue weighted by molar-refractivity contribution is 0.181. The van der Waals surface area contributed by atoms with Gasteiger partial charge in [-0.25, -0.2) is 4.39 Å². The molecule has 27 heavy (non-hydrogen) atoms. The minimum absolute atomic E-state index is 0.239. The highest BCUT2D eigenvalue weighted by Crippen LogP contribution is 2.51. The molecule has 0 heterocycles. The van der Waals surface area contributed by atoms with E-state index in [1.807, 2.05) is 23.9 Å². The van der Waals surface area contributed by atoms with Crippen LogP contribution in [0.1, 0.15) is 24.0 Å². The van der Waals surface area contributed by atoms with Crippen LogP contribution in [0.3, 0.4) is 0 Å². The predicted molar refractivity (Wildman–Crippen MR) is 110 cm³/mol. The maximum absolute atomic E-state index is 13.7. The van der Waals surface area contributed by atoms with E-state index in [0.717, 1.165) is 18.1 Å². The summed E-state index contributed by atoms with van der Waals surface area (Å²) in [6.45, 7) is 1.71. The first-order valence-electron chi connectivity index (χ1n) is 9.09. The highest BCUT2D eigenvalue weighted by molar-refractivity contribution is 8.01. The number of guanidine groups is 1. The van der Waals surface area contributed by atoms with E-state index in [4.69, 9.17) is 4.74 Å². The highest BCUT2D eigenvalue weighted by atomic mass is 32.2. The van der Waals surface area contributed by atoms with Gasteiger partial charge in [0.25, 0.3) is 0 Å². The van der Waals surface area contributed by atoms with Gasteiger partial charge in [-0.1, -0.05) is 24.3 Å². The van der Waals surface area contributed by atoms with Gasteiger partial charge in [0.2, 0.25) is 0 Å². The first kappa shape index (κ1) is 19.7. The number of nitrogens with one attached hydrogen (secondary N) is 2. The van der Waals surface area contributed by atoms with Gasteiger partial charge in [0, 0.05) is 42.5 Å². The molecule has 0 atom stereocenters. The SMILES string of the molecule is CN=C(NCc1ccc(F)c(COC)c1)NCC1(Sc2ccccc2)CC1. The Hall–Kier alpha value is -2.05. The molecule has 6 heteroatoms. The molecule has 144 valence electrons. The molecule has 2 aromatic rings. The zero-order valence-corrected chi connectivity index (χ0v) is 16.6. The van der Waals surface area contributed by atoms with Gasteiger partial charge in [-0.3, -0.25) is 4.99 Å². The minimum Gasteiger partial charge on any atom is -0.380 e. The number of thioether (sulfide) groups is 1. The number of halogens is 1. The summed E-state index contributed by atoms with van der Waals surface area (Å²) in [5.74, 6) is 0.518. The van der Waals surface area contributed by atoms with Gasteiger partial charge in [0.15, 0.2) is 5.96 Å². The van der Waals surface area contributed by atoms with E-state index in [1.165, 1.54) is 23.8 Å². The topological polar surface area (TPSA) is 45.7 Å². The highest BCUT2D eigenvalue weighted by Gasteiger charge is 2.43. The fourth-order valence-electron chi connectivity index (χ4n) is 2.85. The van der Waals surface area contributed by atoms with Gasteiger partial charge in [0.1, 0.15) is 5.82 Å². The lowest BCUT2D eigenvalue weighted by Gasteiger charge is -2.18. The van der Waals surface area contributed by atoms with E-state index in [9.17, 15) is 4.39 Å². The van der Waals surface area contributed by atoms with Gasteiger partial charge in [-0.15, -0.1) is 11.8 Å². The summed E-state index contributed by atoms with van der Waals surface area (Å²) in [6.07, 6.45) is 2.41. The Morgan fingerprint density at radius 2 is 1.96 bits per heavy atom. The van der Waals surface area contributed by atoms with Crippen LogP contribution in [0.5, 0.6) is 0 Å². The van der Waals surface area contributed by atoms with Crippen molar-refractivity contribution in [2.45, 2.75) is 35.6 Å². The summed E-state index contributed by atoms with van der Waals surface area (Å²) in [4.78, 5) is 5.61. The molecule has 0 aliphatic heterocycles. The van der Waals surface area contributed by atoms with Crippen molar-refractivity contribution in [3.05, 3.63) is 65.5 Å². The van der Waals surface area contributed by atoms with Crippen molar-refractivity contribution in [1.82, 2.24) is 10.6 Å². The van der Waals surface area contributed by atoms with E-state index in [-0.39, 0.29) is 17.2 Å². The second kappa shape index (κ2) is 9.24. The molecule has 1 fully saturated rings. The van der Waals surface area contributed by atoms with Gasteiger partial charge in [-0.05, 0) is 42.7 Å². The quantitative estimate of drug-likeness (QED) is 0.532. The minimum atomic E-state index is -0.239. The van der Waals surface area contributed by atoms with Gasteiger partial charge in [0.05, 0.1) is 6.61 Å². The van der Waals surface area contributed by atoms with Crippen molar-refractivity contribution in [3.8, 4) is 0 Å². The molecule has 1 aliphatic carbocycles. The summed E-state index contributed by atoms with van der Waals surface area (Å²) in [5, 5.41) is 6.74. The Morgan fingerprint density at radius 3 is 2.63 bits per heavy atom. The lowest BCUT2D eigenvalue weighted by atomic mass is 10.1. The van der Waals surface area contributed by atoms with Crippen LogP contribution >= 0.6 is 11.8 Å². The Bertz CT molecular complexity index is 778. The third-order valence-electron chi connectivity index (χ3n) is 4.56. The van der Waals surface area contributed by atoms with Gasteiger partial charge >= 0.3 is 0 Å². The van der Waals surface area contributed by atoms with E-state index in [0.29, 0.717) is 12.1 Å². The Kier molecular flexibility index (Phi) is 6.74. The number of hydrogen-bond acceptors (Lipinski definition) is 3. The fraction of sp³-hybridized carbons (Fsp3) is 0.381. The van der Waals surface area contributed by atoms with E-state index < -0.39 is 0 Å². The molecule has 0 bridgehead atoms. The summed E-state index contributed by atoms with van der Waals surface area (Å²) in [7, 11) is 3.33. The Morgan fingerprint density at radius 1 is 1.19 bits per heavy atom. The van der Waals surface area contributed by atoms with Crippen molar-refractivity contribution in [2.24, 2.45) is 4.99 Å². The fourth-order valence-corrected chi connectivity index (χ4v) is 4.09. The predicted octanol–water partition coefficient (Wildman–Crippen LogP) is 3.96. The third kappa shape index (κ3) is 5.71.